The van der Waals surface area contributed by atoms with Crippen LogP contribution in [0, 0.1) is 6.92 Å². The monoisotopic (exact) mass is 368 g/mol. The summed E-state index contributed by atoms with van der Waals surface area (Å²) in [7, 11) is 1.58. The van der Waals surface area contributed by atoms with Crippen molar-refractivity contribution >= 4 is 29.3 Å². The largest absolute Gasteiger partial charge is 0.493 e. The molecule has 2 rings (SSSR count). The number of benzene rings is 2. The Kier molecular flexibility index (Phi) is 7.00. The molecule has 0 heterocycles. The van der Waals surface area contributed by atoms with E-state index in [-0.39, 0.29) is 11.8 Å². The molecular formula is C21H24N2O4. The van der Waals surface area contributed by atoms with E-state index >= 15 is 0 Å². The summed E-state index contributed by atoms with van der Waals surface area (Å²) < 4.78 is 10.8. The molecule has 2 aromatic carbocycles. The summed E-state index contributed by atoms with van der Waals surface area (Å²) in [6.07, 6.45) is 3.13. The molecule has 2 amide bonds. The molecule has 6 nitrogen and oxygen atoms in total. The molecule has 27 heavy (non-hydrogen) atoms. The Labute approximate surface area is 159 Å². The van der Waals surface area contributed by atoms with Gasteiger partial charge in [-0.15, -0.1) is 0 Å². The number of methoxy groups -OCH3 is 1. The van der Waals surface area contributed by atoms with Gasteiger partial charge in [-0.1, -0.05) is 12.1 Å². The lowest BCUT2D eigenvalue weighted by Gasteiger charge is -2.10. The van der Waals surface area contributed by atoms with Crippen molar-refractivity contribution in [2.24, 2.45) is 0 Å². The summed E-state index contributed by atoms with van der Waals surface area (Å²) in [5.74, 6) is 0.831. The first-order valence-electron chi connectivity index (χ1n) is 8.61. The number of carbonyl (C=O) groups excluding carboxylic acids is 2. The average Bonchev–Trinajstić information content (AvgIpc) is 2.63. The number of hydrogen-bond acceptors (Lipinski definition) is 4. The zero-order valence-corrected chi connectivity index (χ0v) is 16.0. The molecule has 0 saturated carbocycles. The third kappa shape index (κ3) is 5.88. The number of ether oxygens (including phenoxy) is 2. The molecule has 0 aliphatic heterocycles. The summed E-state index contributed by atoms with van der Waals surface area (Å²) in [6.45, 7) is 5.75. The molecule has 0 bridgehead atoms. The van der Waals surface area contributed by atoms with E-state index < -0.39 is 0 Å². The molecule has 0 aliphatic carbocycles. The maximum Gasteiger partial charge on any atom is 0.248 e. The average molecular weight is 368 g/mol. The summed E-state index contributed by atoms with van der Waals surface area (Å²) in [5, 5.41) is 5.52. The highest BCUT2D eigenvalue weighted by atomic mass is 16.5. The van der Waals surface area contributed by atoms with Crippen LogP contribution in [-0.2, 0) is 9.59 Å². The van der Waals surface area contributed by atoms with E-state index in [1.54, 1.807) is 31.4 Å². The van der Waals surface area contributed by atoms with Crippen molar-refractivity contribution in [3.05, 3.63) is 53.6 Å². The summed E-state index contributed by atoms with van der Waals surface area (Å²) >= 11 is 0. The molecule has 0 spiro atoms. The third-order valence-electron chi connectivity index (χ3n) is 3.73. The van der Waals surface area contributed by atoms with Gasteiger partial charge in [0.25, 0.3) is 0 Å². The second-order valence-electron chi connectivity index (χ2n) is 5.88. The van der Waals surface area contributed by atoms with E-state index in [4.69, 9.17) is 9.47 Å². The molecule has 0 saturated heterocycles. The van der Waals surface area contributed by atoms with Crippen LogP contribution < -0.4 is 20.1 Å². The van der Waals surface area contributed by atoms with E-state index in [2.05, 4.69) is 10.6 Å². The number of aryl methyl sites for hydroxylation is 1. The number of hydrogen-bond donors (Lipinski definition) is 2. The summed E-state index contributed by atoms with van der Waals surface area (Å²) in [5.41, 5.74) is 3.00. The van der Waals surface area contributed by atoms with Crippen molar-refractivity contribution < 1.29 is 19.1 Å². The maximum absolute atomic E-state index is 12.2. The van der Waals surface area contributed by atoms with Crippen LogP contribution in [0.3, 0.4) is 0 Å². The summed E-state index contributed by atoms with van der Waals surface area (Å²) in [4.78, 5) is 23.4. The van der Waals surface area contributed by atoms with Gasteiger partial charge < -0.3 is 20.1 Å². The smallest absolute Gasteiger partial charge is 0.248 e. The van der Waals surface area contributed by atoms with E-state index in [9.17, 15) is 9.59 Å². The van der Waals surface area contributed by atoms with E-state index in [0.717, 1.165) is 11.1 Å². The zero-order chi connectivity index (χ0) is 19.8. The zero-order valence-electron chi connectivity index (χ0n) is 16.0. The molecular weight excluding hydrogens is 344 g/mol. The van der Waals surface area contributed by atoms with Crippen molar-refractivity contribution in [1.29, 1.82) is 0 Å². The lowest BCUT2D eigenvalue weighted by Crippen LogP contribution is -2.10. The van der Waals surface area contributed by atoms with E-state index in [1.165, 1.54) is 13.0 Å². The van der Waals surface area contributed by atoms with Gasteiger partial charge in [-0.3, -0.25) is 9.59 Å². The van der Waals surface area contributed by atoms with Crippen molar-refractivity contribution in [2.45, 2.75) is 20.8 Å². The van der Waals surface area contributed by atoms with Crippen molar-refractivity contribution in [3.63, 3.8) is 0 Å². The van der Waals surface area contributed by atoms with Crippen LogP contribution >= 0.6 is 0 Å². The highest BCUT2D eigenvalue weighted by Gasteiger charge is 2.06. The first-order valence-corrected chi connectivity index (χ1v) is 8.61. The van der Waals surface area contributed by atoms with E-state index in [1.807, 2.05) is 32.0 Å². The molecule has 0 unspecified atom stereocenters. The van der Waals surface area contributed by atoms with Crippen molar-refractivity contribution in [1.82, 2.24) is 0 Å². The Morgan fingerprint density at radius 3 is 2.52 bits per heavy atom. The molecule has 2 aromatic rings. The van der Waals surface area contributed by atoms with Gasteiger partial charge in [0.1, 0.15) is 0 Å². The fraction of sp³-hybridized carbons (Fsp3) is 0.238. The standard InChI is InChI=1S/C21H24N2O4/c1-5-27-20-12-16(7-10-19(20)26-4)8-11-21(25)23-17-9-6-14(2)18(13-17)22-15(3)24/h6-13H,5H2,1-4H3,(H,22,24)(H,23,25)/b11-8+. The second-order valence-corrected chi connectivity index (χ2v) is 5.88. The van der Waals surface area contributed by atoms with Gasteiger partial charge in [0.2, 0.25) is 11.8 Å². The quantitative estimate of drug-likeness (QED) is 0.724. The fourth-order valence-electron chi connectivity index (χ4n) is 2.45. The first-order chi connectivity index (χ1) is 12.9. The fourth-order valence-corrected chi connectivity index (χ4v) is 2.45. The predicted octanol–water partition coefficient (Wildman–Crippen LogP) is 4.01. The van der Waals surface area contributed by atoms with Gasteiger partial charge in [-0.25, -0.2) is 0 Å². The number of nitrogens with one attached hydrogen (secondary N) is 2. The first kappa shape index (κ1) is 20.0. The Morgan fingerprint density at radius 1 is 1.07 bits per heavy atom. The Balaban J connectivity index is 2.09. The van der Waals surface area contributed by atoms with Crippen LogP contribution in [0.1, 0.15) is 25.0 Å². The second kappa shape index (κ2) is 9.43. The van der Waals surface area contributed by atoms with Crippen molar-refractivity contribution in [2.75, 3.05) is 24.4 Å². The Hall–Kier alpha value is -3.28. The minimum atomic E-state index is -0.276. The van der Waals surface area contributed by atoms with E-state index in [0.29, 0.717) is 29.5 Å². The number of anilines is 2. The molecule has 6 heteroatoms. The minimum absolute atomic E-state index is 0.161. The van der Waals surface area contributed by atoms with Crippen LogP contribution in [-0.4, -0.2) is 25.5 Å². The SMILES string of the molecule is CCOc1cc(/C=C/C(=O)Nc2ccc(C)c(NC(C)=O)c2)ccc1OC. The number of carbonyl (C=O) groups is 2. The van der Waals surface area contributed by atoms with Crippen LogP contribution in [0.15, 0.2) is 42.5 Å². The molecule has 142 valence electrons. The van der Waals surface area contributed by atoms with Gasteiger partial charge >= 0.3 is 0 Å². The van der Waals surface area contributed by atoms with Gasteiger partial charge in [0.15, 0.2) is 11.5 Å². The summed E-state index contributed by atoms with van der Waals surface area (Å²) in [6, 6.07) is 10.8. The molecule has 0 aliphatic rings. The van der Waals surface area contributed by atoms with Crippen LogP contribution in [0.5, 0.6) is 11.5 Å². The maximum atomic E-state index is 12.2. The predicted molar refractivity (Wildman–Crippen MR) is 107 cm³/mol. The highest BCUT2D eigenvalue weighted by molar-refractivity contribution is 6.02. The lowest BCUT2D eigenvalue weighted by atomic mass is 10.1. The van der Waals surface area contributed by atoms with Gasteiger partial charge in [0.05, 0.1) is 13.7 Å². The topological polar surface area (TPSA) is 76.7 Å². The highest BCUT2D eigenvalue weighted by Crippen LogP contribution is 2.28. The van der Waals surface area contributed by atoms with Crippen LogP contribution in [0.4, 0.5) is 11.4 Å². The molecule has 0 aromatic heterocycles. The van der Waals surface area contributed by atoms with Gasteiger partial charge in [-0.2, -0.15) is 0 Å². The van der Waals surface area contributed by atoms with Gasteiger partial charge in [0, 0.05) is 24.4 Å². The molecule has 0 radical (unpaired) electrons. The molecule has 2 N–H and O–H groups in total. The normalized spacial score (nSPS) is 10.5. The molecule has 0 atom stereocenters. The third-order valence-corrected chi connectivity index (χ3v) is 3.73. The minimum Gasteiger partial charge on any atom is -0.493 e. The van der Waals surface area contributed by atoms with Crippen LogP contribution in [0.2, 0.25) is 0 Å². The lowest BCUT2D eigenvalue weighted by molar-refractivity contribution is -0.114. The Bertz CT molecular complexity index is 859. The number of rotatable bonds is 7. The van der Waals surface area contributed by atoms with Crippen LogP contribution in [0.25, 0.3) is 6.08 Å². The Morgan fingerprint density at radius 2 is 1.85 bits per heavy atom. The number of amides is 2. The van der Waals surface area contributed by atoms with Crippen molar-refractivity contribution in [3.8, 4) is 11.5 Å². The van der Waals surface area contributed by atoms with Gasteiger partial charge in [-0.05, 0) is 55.3 Å². The molecule has 0 fully saturated rings.